The van der Waals surface area contributed by atoms with Crippen molar-refractivity contribution in [1.82, 2.24) is 5.48 Å². The summed E-state index contributed by atoms with van der Waals surface area (Å²) in [5, 5.41) is 0. The van der Waals surface area contributed by atoms with Crippen LogP contribution >= 0.6 is 0 Å². The molecule has 1 spiro atoms. The van der Waals surface area contributed by atoms with Crippen LogP contribution in [0.1, 0.15) is 18.9 Å². The van der Waals surface area contributed by atoms with Crippen LogP contribution in [-0.4, -0.2) is 32.0 Å². The Balaban J connectivity index is 1.86. The van der Waals surface area contributed by atoms with Crippen LogP contribution in [0.4, 0.5) is 8.78 Å². The molecule has 0 radical (unpaired) electrons. The van der Waals surface area contributed by atoms with Gasteiger partial charge in [0.15, 0.2) is 11.5 Å². The number of hydrogen-bond donors (Lipinski definition) is 1. The largest absolute Gasteiger partial charge is 0.490 e. The van der Waals surface area contributed by atoms with Gasteiger partial charge in [-0.25, -0.2) is 0 Å². The maximum atomic E-state index is 12.4. The fourth-order valence-electron chi connectivity index (χ4n) is 2.51. The molecule has 0 bridgehead atoms. The Morgan fingerprint density at radius 1 is 1.36 bits per heavy atom. The third-order valence-electron chi connectivity index (χ3n) is 3.56. The highest BCUT2D eigenvalue weighted by Crippen LogP contribution is 2.36. The molecule has 0 aliphatic carbocycles. The first-order valence-electron chi connectivity index (χ1n) is 7.08. The number of hydrogen-bond acceptors (Lipinski definition) is 5. The van der Waals surface area contributed by atoms with E-state index >= 15 is 0 Å². The topological polar surface area (TPSA) is 49.0 Å². The van der Waals surface area contributed by atoms with Crippen molar-refractivity contribution >= 4 is 5.70 Å². The van der Waals surface area contributed by atoms with Crippen LogP contribution in [0.5, 0.6) is 11.5 Å². The Kier molecular flexibility index (Phi) is 4.17. The van der Waals surface area contributed by atoms with Crippen molar-refractivity contribution in [3.05, 3.63) is 29.8 Å². The molecule has 22 heavy (non-hydrogen) atoms. The minimum Gasteiger partial charge on any atom is -0.490 e. The molecule has 0 aromatic heterocycles. The lowest BCUT2D eigenvalue weighted by atomic mass is 10.0. The number of rotatable bonds is 5. The highest BCUT2D eigenvalue weighted by Gasteiger charge is 2.39. The fraction of sp³-hybridized carbons (Fsp3) is 0.467. The van der Waals surface area contributed by atoms with E-state index < -0.39 is 12.2 Å². The van der Waals surface area contributed by atoms with E-state index in [2.05, 4.69) is 10.2 Å². The van der Waals surface area contributed by atoms with Crippen LogP contribution in [-0.2, 0) is 9.57 Å². The van der Waals surface area contributed by atoms with Gasteiger partial charge >= 0.3 is 6.61 Å². The zero-order valence-corrected chi connectivity index (χ0v) is 12.1. The molecule has 120 valence electrons. The Bertz CT molecular complexity index is 571. The highest BCUT2D eigenvalue weighted by molar-refractivity contribution is 5.68. The molecule has 1 aromatic rings. The summed E-state index contributed by atoms with van der Waals surface area (Å²) in [5.41, 5.74) is 3.96. The standard InChI is InChI=1S/C15H17F2NO4/c1-2-20-13-7-10(3-4-12(13)21-14(16)17)11-8-15(22-18-11)5-6-19-9-15/h3-4,7-8,14,18H,2,5-6,9H2,1H3. The lowest BCUT2D eigenvalue weighted by molar-refractivity contribution is -0.0514. The predicted octanol–water partition coefficient (Wildman–Crippen LogP) is 2.72. The first-order valence-corrected chi connectivity index (χ1v) is 7.08. The van der Waals surface area contributed by atoms with Gasteiger partial charge in [0.2, 0.25) is 0 Å². The second kappa shape index (κ2) is 6.10. The summed E-state index contributed by atoms with van der Waals surface area (Å²) >= 11 is 0. The Labute approximate surface area is 126 Å². The molecule has 1 atom stereocenters. The normalized spacial score (nSPS) is 23.7. The number of nitrogens with one attached hydrogen (secondary N) is 1. The summed E-state index contributed by atoms with van der Waals surface area (Å²) < 4.78 is 40.0. The second-order valence-electron chi connectivity index (χ2n) is 5.10. The van der Waals surface area contributed by atoms with Crippen LogP contribution in [0.3, 0.4) is 0 Å². The van der Waals surface area contributed by atoms with E-state index in [4.69, 9.17) is 14.3 Å². The van der Waals surface area contributed by atoms with Crippen molar-refractivity contribution in [2.45, 2.75) is 25.6 Å². The van der Waals surface area contributed by atoms with Crippen LogP contribution in [0.15, 0.2) is 24.3 Å². The van der Waals surface area contributed by atoms with Gasteiger partial charge in [-0.05, 0) is 31.2 Å². The lowest BCUT2D eigenvalue weighted by Gasteiger charge is -2.15. The van der Waals surface area contributed by atoms with Gasteiger partial charge < -0.3 is 14.2 Å². The van der Waals surface area contributed by atoms with Crippen molar-refractivity contribution in [2.75, 3.05) is 19.8 Å². The van der Waals surface area contributed by atoms with Gasteiger partial charge in [-0.15, -0.1) is 0 Å². The minimum absolute atomic E-state index is 0.0130. The highest BCUT2D eigenvalue weighted by atomic mass is 19.3. The van der Waals surface area contributed by atoms with Gasteiger partial charge in [0, 0.05) is 18.6 Å². The maximum absolute atomic E-state index is 12.4. The molecule has 3 rings (SSSR count). The molecule has 7 heteroatoms. The second-order valence-corrected chi connectivity index (χ2v) is 5.10. The molecule has 1 N–H and O–H groups in total. The molecular weight excluding hydrogens is 296 g/mol. The Morgan fingerprint density at radius 2 is 2.23 bits per heavy atom. The van der Waals surface area contributed by atoms with Gasteiger partial charge in [-0.2, -0.15) is 8.78 Å². The van der Waals surface area contributed by atoms with Gasteiger partial charge in [0.25, 0.3) is 0 Å². The first kappa shape index (κ1) is 15.1. The third kappa shape index (κ3) is 3.00. The van der Waals surface area contributed by atoms with E-state index in [1.165, 1.54) is 6.07 Å². The van der Waals surface area contributed by atoms with Crippen molar-refractivity contribution in [1.29, 1.82) is 0 Å². The summed E-state index contributed by atoms with van der Waals surface area (Å²) in [4.78, 5) is 5.60. The molecule has 2 heterocycles. The molecule has 1 saturated heterocycles. The van der Waals surface area contributed by atoms with E-state index in [1.807, 2.05) is 6.08 Å². The van der Waals surface area contributed by atoms with Crippen molar-refractivity contribution in [3.8, 4) is 11.5 Å². The molecular formula is C15H17F2NO4. The Morgan fingerprint density at radius 3 is 2.91 bits per heavy atom. The van der Waals surface area contributed by atoms with Crippen molar-refractivity contribution in [2.24, 2.45) is 0 Å². The smallest absolute Gasteiger partial charge is 0.387 e. The van der Waals surface area contributed by atoms with Gasteiger partial charge in [0.1, 0.15) is 5.60 Å². The van der Waals surface area contributed by atoms with Crippen LogP contribution < -0.4 is 15.0 Å². The quantitative estimate of drug-likeness (QED) is 0.906. The molecule has 0 amide bonds. The number of benzene rings is 1. The van der Waals surface area contributed by atoms with E-state index in [0.29, 0.717) is 19.8 Å². The van der Waals surface area contributed by atoms with Gasteiger partial charge in [-0.1, -0.05) is 0 Å². The third-order valence-corrected chi connectivity index (χ3v) is 3.56. The van der Waals surface area contributed by atoms with Crippen LogP contribution in [0.25, 0.3) is 5.70 Å². The average molecular weight is 313 g/mol. The predicted molar refractivity (Wildman–Crippen MR) is 74.6 cm³/mol. The van der Waals surface area contributed by atoms with Crippen molar-refractivity contribution < 1.29 is 27.8 Å². The average Bonchev–Trinajstić information content (AvgIpc) is 3.11. The Hall–Kier alpha value is -1.86. The molecule has 1 aromatic carbocycles. The summed E-state index contributed by atoms with van der Waals surface area (Å²) in [6.45, 7) is 0.380. The minimum atomic E-state index is -2.89. The van der Waals surface area contributed by atoms with Crippen LogP contribution in [0.2, 0.25) is 0 Å². The van der Waals surface area contributed by atoms with Crippen LogP contribution in [0, 0.1) is 0 Å². The molecule has 2 aliphatic heterocycles. The van der Waals surface area contributed by atoms with E-state index in [9.17, 15) is 8.78 Å². The summed E-state index contributed by atoms with van der Waals surface area (Å²) in [6.07, 6.45) is 2.73. The number of halogens is 2. The van der Waals surface area contributed by atoms with Crippen molar-refractivity contribution in [3.63, 3.8) is 0 Å². The SMILES string of the molecule is CCOc1cc(C2=CC3(CCOC3)ON2)ccc1OC(F)F. The van der Waals surface area contributed by atoms with E-state index in [0.717, 1.165) is 17.7 Å². The summed E-state index contributed by atoms with van der Waals surface area (Å²) in [6, 6.07) is 4.79. The zero-order valence-electron chi connectivity index (χ0n) is 12.1. The zero-order chi connectivity index (χ0) is 15.6. The number of alkyl halides is 2. The van der Waals surface area contributed by atoms with E-state index in [1.54, 1.807) is 19.1 Å². The monoisotopic (exact) mass is 313 g/mol. The maximum Gasteiger partial charge on any atom is 0.387 e. The molecule has 0 saturated carbocycles. The summed E-state index contributed by atoms with van der Waals surface area (Å²) in [5.74, 6) is 0.283. The molecule has 1 unspecified atom stereocenters. The molecule has 5 nitrogen and oxygen atoms in total. The lowest BCUT2D eigenvalue weighted by Crippen LogP contribution is -2.29. The fourth-order valence-corrected chi connectivity index (χ4v) is 2.51. The molecule has 1 fully saturated rings. The van der Waals surface area contributed by atoms with Gasteiger partial charge in [-0.3, -0.25) is 10.3 Å². The van der Waals surface area contributed by atoms with Gasteiger partial charge in [0.05, 0.1) is 18.9 Å². The summed E-state index contributed by atoms with van der Waals surface area (Å²) in [7, 11) is 0. The van der Waals surface area contributed by atoms with E-state index in [-0.39, 0.29) is 11.5 Å². The molecule has 2 aliphatic rings. The first-order chi connectivity index (χ1) is 10.6. The number of ether oxygens (including phenoxy) is 3. The number of hydroxylamine groups is 1.